The number of ether oxygens (including phenoxy) is 1. The number of methoxy groups -OCH3 is 1. The molecule has 1 aliphatic carbocycles. The van der Waals surface area contributed by atoms with E-state index in [0.717, 1.165) is 25.9 Å². The summed E-state index contributed by atoms with van der Waals surface area (Å²) in [4.78, 5) is 22.9. The first-order valence-electron chi connectivity index (χ1n) is 9.01. The van der Waals surface area contributed by atoms with Gasteiger partial charge in [-0.1, -0.05) is 11.2 Å². The first-order chi connectivity index (χ1) is 12.7. The molecular weight excluding hydrogens is 334 g/mol. The molecule has 4 rings (SSSR count). The van der Waals surface area contributed by atoms with Crippen molar-refractivity contribution < 1.29 is 14.1 Å². The van der Waals surface area contributed by atoms with Gasteiger partial charge in [-0.25, -0.2) is 0 Å². The van der Waals surface area contributed by atoms with E-state index in [9.17, 15) is 4.79 Å². The average molecular weight is 357 g/mol. The fourth-order valence-corrected chi connectivity index (χ4v) is 3.29. The van der Waals surface area contributed by atoms with E-state index < -0.39 is 5.60 Å². The Morgan fingerprint density at radius 2 is 2.19 bits per heavy atom. The lowest BCUT2D eigenvalue weighted by atomic mass is 9.91. The zero-order valence-electron chi connectivity index (χ0n) is 14.9. The molecule has 0 spiro atoms. The van der Waals surface area contributed by atoms with Gasteiger partial charge in [0, 0.05) is 32.4 Å². The van der Waals surface area contributed by atoms with E-state index >= 15 is 0 Å². The summed E-state index contributed by atoms with van der Waals surface area (Å²) in [5.41, 5.74) is 0.0617. The highest BCUT2D eigenvalue weighted by Gasteiger charge is 2.42. The van der Waals surface area contributed by atoms with Crippen LogP contribution in [0.15, 0.2) is 28.9 Å². The second kappa shape index (κ2) is 7.13. The van der Waals surface area contributed by atoms with Crippen molar-refractivity contribution in [2.75, 3.05) is 26.7 Å². The van der Waals surface area contributed by atoms with Gasteiger partial charge in [-0.15, -0.1) is 0 Å². The lowest BCUT2D eigenvalue weighted by Crippen LogP contribution is -2.47. The number of amides is 1. The third kappa shape index (κ3) is 3.61. The van der Waals surface area contributed by atoms with E-state index in [-0.39, 0.29) is 5.91 Å². The second-order valence-electron chi connectivity index (χ2n) is 6.95. The van der Waals surface area contributed by atoms with Gasteiger partial charge in [0.05, 0.1) is 6.54 Å². The maximum absolute atomic E-state index is 12.0. The molecule has 1 saturated heterocycles. The van der Waals surface area contributed by atoms with Gasteiger partial charge in [0.15, 0.2) is 0 Å². The lowest BCUT2D eigenvalue weighted by Gasteiger charge is -2.37. The molecule has 2 aromatic heterocycles. The van der Waals surface area contributed by atoms with Crippen LogP contribution >= 0.6 is 0 Å². The van der Waals surface area contributed by atoms with Crippen molar-refractivity contribution >= 4 is 5.91 Å². The molecule has 2 fully saturated rings. The van der Waals surface area contributed by atoms with Crippen molar-refractivity contribution in [1.82, 2.24) is 25.3 Å². The van der Waals surface area contributed by atoms with Crippen molar-refractivity contribution in [3.05, 3.63) is 30.3 Å². The molecule has 1 saturated carbocycles. The Hall–Kier alpha value is -2.32. The van der Waals surface area contributed by atoms with Crippen LogP contribution in [0.1, 0.15) is 31.6 Å². The minimum absolute atomic E-state index is 0.104. The number of nitrogens with zero attached hydrogens (tertiary/aromatic N) is 4. The summed E-state index contributed by atoms with van der Waals surface area (Å²) in [7, 11) is 1.67. The quantitative estimate of drug-likeness (QED) is 0.834. The maximum Gasteiger partial charge on any atom is 0.259 e. The Labute approximate surface area is 151 Å². The van der Waals surface area contributed by atoms with Crippen LogP contribution in [-0.2, 0) is 15.1 Å². The smallest absolute Gasteiger partial charge is 0.259 e. The van der Waals surface area contributed by atoms with Gasteiger partial charge in [-0.05, 0) is 37.8 Å². The van der Waals surface area contributed by atoms with E-state index in [1.165, 1.54) is 0 Å². The number of piperidine rings is 1. The standard InChI is InChI=1S/C18H23N5O3/c1-25-18(17-21-16(22-26-17)14-4-2-3-9-19-14)7-10-23(11-8-18)12-15(24)20-13-5-6-13/h2-4,9,13H,5-8,10-12H2,1H3,(H,20,24). The Kier molecular flexibility index (Phi) is 4.69. The van der Waals surface area contributed by atoms with Crippen LogP contribution in [0.5, 0.6) is 0 Å². The van der Waals surface area contributed by atoms with Crippen LogP contribution in [0.2, 0.25) is 0 Å². The molecule has 0 bridgehead atoms. The van der Waals surface area contributed by atoms with Crippen LogP contribution in [0.4, 0.5) is 0 Å². The Balaban J connectivity index is 1.41. The molecule has 0 aromatic carbocycles. The zero-order chi connectivity index (χ0) is 18.0. The number of hydrogen-bond donors (Lipinski definition) is 1. The SMILES string of the molecule is COC1(c2nc(-c3ccccn3)no2)CCN(CC(=O)NC2CC2)CC1. The Morgan fingerprint density at radius 1 is 1.38 bits per heavy atom. The first-order valence-corrected chi connectivity index (χ1v) is 9.01. The Morgan fingerprint density at radius 3 is 2.85 bits per heavy atom. The van der Waals surface area contributed by atoms with Gasteiger partial charge in [0.2, 0.25) is 11.7 Å². The highest BCUT2D eigenvalue weighted by molar-refractivity contribution is 5.78. The number of likely N-dealkylation sites (tertiary alicyclic amines) is 1. The fraction of sp³-hybridized carbons (Fsp3) is 0.556. The van der Waals surface area contributed by atoms with E-state index in [0.29, 0.717) is 42.8 Å². The predicted octanol–water partition coefficient (Wildman–Crippen LogP) is 1.35. The number of carbonyl (C=O) groups excluding carboxylic acids is 1. The summed E-state index contributed by atoms with van der Waals surface area (Å²) in [6.45, 7) is 1.92. The van der Waals surface area contributed by atoms with E-state index in [4.69, 9.17) is 9.26 Å². The van der Waals surface area contributed by atoms with Crippen molar-refractivity contribution in [2.45, 2.75) is 37.3 Å². The van der Waals surface area contributed by atoms with Crippen LogP contribution < -0.4 is 5.32 Å². The molecule has 1 N–H and O–H groups in total. The molecule has 1 aliphatic heterocycles. The summed E-state index contributed by atoms with van der Waals surface area (Å²) < 4.78 is 11.3. The van der Waals surface area contributed by atoms with Crippen LogP contribution in [0, 0.1) is 0 Å². The van der Waals surface area contributed by atoms with Crippen LogP contribution in [0.25, 0.3) is 11.5 Å². The summed E-state index contributed by atoms with van der Waals surface area (Å²) in [5, 5.41) is 7.08. The third-order valence-electron chi connectivity index (χ3n) is 5.07. The van der Waals surface area contributed by atoms with Gasteiger partial charge in [-0.3, -0.25) is 14.7 Å². The minimum atomic E-state index is -0.608. The number of aromatic nitrogens is 3. The first kappa shape index (κ1) is 17.1. The van der Waals surface area contributed by atoms with Crippen LogP contribution in [-0.4, -0.2) is 58.7 Å². The monoisotopic (exact) mass is 357 g/mol. The van der Waals surface area contributed by atoms with E-state index in [1.807, 2.05) is 18.2 Å². The zero-order valence-corrected chi connectivity index (χ0v) is 14.9. The Bertz CT molecular complexity index is 751. The molecule has 1 amide bonds. The van der Waals surface area contributed by atoms with Crippen LogP contribution in [0.3, 0.4) is 0 Å². The molecule has 0 atom stereocenters. The minimum Gasteiger partial charge on any atom is -0.368 e. The van der Waals surface area contributed by atoms with Crippen molar-refractivity contribution in [3.8, 4) is 11.5 Å². The maximum atomic E-state index is 12.0. The normalized spacial score (nSPS) is 20.0. The van der Waals surface area contributed by atoms with E-state index in [1.54, 1.807) is 13.3 Å². The van der Waals surface area contributed by atoms with Crippen molar-refractivity contribution in [1.29, 1.82) is 0 Å². The largest absolute Gasteiger partial charge is 0.368 e. The second-order valence-corrected chi connectivity index (χ2v) is 6.95. The van der Waals surface area contributed by atoms with Gasteiger partial charge < -0.3 is 14.6 Å². The summed E-state index contributed by atoms with van der Waals surface area (Å²) in [5.74, 6) is 1.04. The average Bonchev–Trinajstić information content (AvgIpc) is 3.34. The van der Waals surface area contributed by atoms with Gasteiger partial charge in [-0.2, -0.15) is 4.98 Å². The molecule has 2 aromatic rings. The highest BCUT2D eigenvalue weighted by atomic mass is 16.5. The summed E-state index contributed by atoms with van der Waals surface area (Å²) in [6.07, 6.45) is 5.30. The van der Waals surface area contributed by atoms with E-state index in [2.05, 4.69) is 25.3 Å². The summed E-state index contributed by atoms with van der Waals surface area (Å²) in [6, 6.07) is 5.97. The van der Waals surface area contributed by atoms with Gasteiger partial charge in [0.1, 0.15) is 11.3 Å². The molecular formula is C18H23N5O3. The molecule has 2 aliphatic rings. The van der Waals surface area contributed by atoms with Gasteiger partial charge in [0.25, 0.3) is 5.89 Å². The molecule has 8 heteroatoms. The van der Waals surface area contributed by atoms with Crippen molar-refractivity contribution in [2.24, 2.45) is 0 Å². The molecule has 8 nitrogen and oxygen atoms in total. The molecule has 26 heavy (non-hydrogen) atoms. The third-order valence-corrected chi connectivity index (χ3v) is 5.07. The molecule has 138 valence electrons. The number of carbonyl (C=O) groups is 1. The van der Waals surface area contributed by atoms with Gasteiger partial charge >= 0.3 is 0 Å². The predicted molar refractivity (Wildman–Crippen MR) is 93.1 cm³/mol. The summed E-state index contributed by atoms with van der Waals surface area (Å²) >= 11 is 0. The molecule has 0 unspecified atom stereocenters. The number of pyridine rings is 1. The fourth-order valence-electron chi connectivity index (χ4n) is 3.29. The number of rotatable bonds is 6. The highest BCUT2D eigenvalue weighted by Crippen LogP contribution is 2.36. The lowest BCUT2D eigenvalue weighted by molar-refractivity contribution is -0.125. The number of nitrogens with one attached hydrogen (secondary N) is 1. The molecule has 0 radical (unpaired) electrons. The van der Waals surface area contributed by atoms with Crippen molar-refractivity contribution in [3.63, 3.8) is 0 Å². The molecule has 3 heterocycles. The topological polar surface area (TPSA) is 93.4 Å². The number of hydrogen-bond acceptors (Lipinski definition) is 7.